The number of carbonyl (C=O) groups is 2. The number of carbonyl (C=O) groups excluding carboxylic acids is 2. The van der Waals surface area contributed by atoms with Crippen LogP contribution >= 0.6 is 12.4 Å². The number of halogens is 1. The Hall–Kier alpha value is -1.39. The van der Waals surface area contributed by atoms with E-state index >= 15 is 0 Å². The molecule has 0 saturated carbocycles. The van der Waals surface area contributed by atoms with Gasteiger partial charge >= 0.3 is 5.97 Å². The summed E-state index contributed by atoms with van der Waals surface area (Å²) in [6.45, 7) is 0. The molecule has 0 aromatic heterocycles. The lowest BCUT2D eigenvalue weighted by Gasteiger charge is -2.07. The number of methoxy groups -OCH3 is 1. The van der Waals surface area contributed by atoms with Crippen molar-refractivity contribution >= 4 is 24.2 Å². The Balaban J connectivity index is 0.00000196. The second-order valence-corrected chi connectivity index (χ2v) is 2.73. The minimum Gasteiger partial charge on any atom is -0.468 e. The van der Waals surface area contributed by atoms with Crippen LogP contribution in [0.15, 0.2) is 30.3 Å². The van der Waals surface area contributed by atoms with E-state index in [1.807, 2.05) is 0 Å². The number of nitrogens with two attached hydrogens (primary N) is 1. The number of ketones is 1. The van der Waals surface area contributed by atoms with Crippen LogP contribution in [0.1, 0.15) is 10.4 Å². The normalized spacial score (nSPS) is 11.1. The third-order valence-corrected chi connectivity index (χ3v) is 1.80. The van der Waals surface area contributed by atoms with E-state index in [0.717, 1.165) is 0 Å². The van der Waals surface area contributed by atoms with Crippen LogP contribution in [0.2, 0.25) is 0 Å². The Morgan fingerprint density at radius 1 is 1.27 bits per heavy atom. The summed E-state index contributed by atoms with van der Waals surface area (Å²) in [5, 5.41) is 0. The van der Waals surface area contributed by atoms with Gasteiger partial charge in [0.2, 0.25) is 0 Å². The van der Waals surface area contributed by atoms with E-state index < -0.39 is 17.8 Å². The largest absolute Gasteiger partial charge is 0.468 e. The van der Waals surface area contributed by atoms with Crippen molar-refractivity contribution in [3.05, 3.63) is 35.9 Å². The zero-order valence-electron chi connectivity index (χ0n) is 8.17. The van der Waals surface area contributed by atoms with Crippen molar-refractivity contribution in [2.24, 2.45) is 5.73 Å². The highest BCUT2D eigenvalue weighted by atomic mass is 35.5. The molecule has 0 amide bonds. The number of rotatable bonds is 3. The van der Waals surface area contributed by atoms with Gasteiger partial charge in [-0.1, -0.05) is 30.3 Å². The average molecular weight is 230 g/mol. The summed E-state index contributed by atoms with van der Waals surface area (Å²) < 4.78 is 4.37. The molecule has 0 aliphatic rings. The number of esters is 1. The Kier molecular flexibility index (Phi) is 5.59. The van der Waals surface area contributed by atoms with Crippen molar-refractivity contribution in [2.45, 2.75) is 6.04 Å². The van der Waals surface area contributed by atoms with Gasteiger partial charge in [-0.2, -0.15) is 0 Å². The quantitative estimate of drug-likeness (QED) is 0.473. The average Bonchev–Trinajstić information content (AvgIpc) is 2.27. The maximum absolute atomic E-state index is 11.5. The number of hydrogen-bond donors (Lipinski definition) is 1. The van der Waals surface area contributed by atoms with Gasteiger partial charge in [0.15, 0.2) is 11.8 Å². The first-order chi connectivity index (χ1) is 6.66. The fourth-order valence-corrected chi connectivity index (χ4v) is 1.02. The molecule has 15 heavy (non-hydrogen) atoms. The lowest BCUT2D eigenvalue weighted by Crippen LogP contribution is -2.39. The molecule has 1 atom stereocenters. The lowest BCUT2D eigenvalue weighted by molar-refractivity contribution is -0.140. The molecule has 1 aromatic carbocycles. The number of ether oxygens (including phenoxy) is 1. The van der Waals surface area contributed by atoms with Gasteiger partial charge in [-0.25, -0.2) is 4.79 Å². The molecule has 1 aromatic rings. The molecule has 0 unspecified atom stereocenters. The van der Waals surface area contributed by atoms with Crippen molar-refractivity contribution < 1.29 is 14.3 Å². The van der Waals surface area contributed by atoms with E-state index in [9.17, 15) is 9.59 Å². The topological polar surface area (TPSA) is 69.4 Å². The Bertz CT molecular complexity index is 340. The summed E-state index contributed by atoms with van der Waals surface area (Å²) in [5.74, 6) is -1.16. The van der Waals surface area contributed by atoms with Crippen LogP contribution in [0.5, 0.6) is 0 Å². The Morgan fingerprint density at radius 2 is 1.80 bits per heavy atom. The van der Waals surface area contributed by atoms with Crippen molar-refractivity contribution in [1.29, 1.82) is 0 Å². The summed E-state index contributed by atoms with van der Waals surface area (Å²) >= 11 is 0. The monoisotopic (exact) mass is 229 g/mol. The number of hydrogen-bond acceptors (Lipinski definition) is 4. The molecule has 82 valence electrons. The van der Waals surface area contributed by atoms with E-state index in [4.69, 9.17) is 5.73 Å². The molecule has 2 N–H and O–H groups in total. The Morgan fingerprint density at radius 3 is 2.27 bits per heavy atom. The predicted molar refractivity (Wildman–Crippen MR) is 58.0 cm³/mol. The minimum atomic E-state index is -1.23. The summed E-state index contributed by atoms with van der Waals surface area (Å²) in [6, 6.07) is 7.16. The maximum atomic E-state index is 11.5. The van der Waals surface area contributed by atoms with Gasteiger partial charge in [0, 0.05) is 5.56 Å². The van der Waals surface area contributed by atoms with Gasteiger partial charge in [0.1, 0.15) is 0 Å². The molecule has 0 bridgehead atoms. The second-order valence-electron chi connectivity index (χ2n) is 2.73. The molecule has 4 nitrogen and oxygen atoms in total. The highest BCUT2D eigenvalue weighted by Crippen LogP contribution is 2.02. The summed E-state index contributed by atoms with van der Waals surface area (Å²) in [4.78, 5) is 22.5. The van der Waals surface area contributed by atoms with Crippen LogP contribution in [0.4, 0.5) is 0 Å². The van der Waals surface area contributed by atoms with E-state index in [-0.39, 0.29) is 12.4 Å². The fourth-order valence-electron chi connectivity index (χ4n) is 1.02. The summed E-state index contributed by atoms with van der Waals surface area (Å²) in [5.41, 5.74) is 5.79. The van der Waals surface area contributed by atoms with Crippen molar-refractivity contribution in [3.8, 4) is 0 Å². The predicted octanol–water partition coefficient (Wildman–Crippen LogP) is 0.791. The summed E-state index contributed by atoms with van der Waals surface area (Å²) in [6.07, 6.45) is 0. The standard InChI is InChI=1S/C10H11NO3.ClH/c1-14-10(13)8(11)9(12)7-5-3-2-4-6-7;/h2-6,8H,11H2,1H3;1H/t8-;/m0./s1. The van der Waals surface area contributed by atoms with Crippen molar-refractivity contribution in [1.82, 2.24) is 0 Å². The van der Waals surface area contributed by atoms with Gasteiger partial charge in [0.05, 0.1) is 7.11 Å². The molecule has 0 saturated heterocycles. The van der Waals surface area contributed by atoms with Gasteiger partial charge in [-0.15, -0.1) is 12.4 Å². The molecule has 0 aliphatic heterocycles. The number of benzene rings is 1. The van der Waals surface area contributed by atoms with Crippen LogP contribution in [0.25, 0.3) is 0 Å². The van der Waals surface area contributed by atoms with Gasteiger partial charge in [-0.3, -0.25) is 4.79 Å². The van der Waals surface area contributed by atoms with Crippen molar-refractivity contribution in [2.75, 3.05) is 7.11 Å². The molecular weight excluding hydrogens is 218 g/mol. The lowest BCUT2D eigenvalue weighted by atomic mass is 10.1. The van der Waals surface area contributed by atoms with E-state index in [0.29, 0.717) is 5.56 Å². The van der Waals surface area contributed by atoms with Crippen molar-refractivity contribution in [3.63, 3.8) is 0 Å². The van der Waals surface area contributed by atoms with E-state index in [1.165, 1.54) is 7.11 Å². The molecule has 0 heterocycles. The van der Waals surface area contributed by atoms with Crippen LogP contribution in [0, 0.1) is 0 Å². The highest BCUT2D eigenvalue weighted by Gasteiger charge is 2.23. The molecule has 0 fully saturated rings. The first-order valence-corrected chi connectivity index (χ1v) is 4.09. The van der Waals surface area contributed by atoms with Crippen LogP contribution in [-0.2, 0) is 9.53 Å². The molecule has 0 aliphatic carbocycles. The van der Waals surface area contributed by atoms with E-state index in [1.54, 1.807) is 30.3 Å². The smallest absolute Gasteiger partial charge is 0.330 e. The first-order valence-electron chi connectivity index (χ1n) is 4.09. The van der Waals surface area contributed by atoms with Gasteiger partial charge in [0.25, 0.3) is 0 Å². The number of Topliss-reactive ketones (excluding diaryl/α,β-unsaturated/α-hetero) is 1. The third-order valence-electron chi connectivity index (χ3n) is 1.80. The van der Waals surface area contributed by atoms with Crippen LogP contribution in [0.3, 0.4) is 0 Å². The van der Waals surface area contributed by atoms with Crippen LogP contribution < -0.4 is 5.73 Å². The SMILES string of the molecule is COC(=O)[C@@H](N)C(=O)c1ccccc1.Cl. The molecule has 5 heteroatoms. The maximum Gasteiger partial charge on any atom is 0.330 e. The van der Waals surface area contributed by atoms with Gasteiger partial charge < -0.3 is 10.5 Å². The highest BCUT2D eigenvalue weighted by molar-refractivity contribution is 6.11. The zero-order valence-corrected chi connectivity index (χ0v) is 8.99. The van der Waals surface area contributed by atoms with E-state index in [2.05, 4.69) is 4.74 Å². The fraction of sp³-hybridized carbons (Fsp3) is 0.200. The van der Waals surface area contributed by atoms with Gasteiger partial charge in [-0.05, 0) is 0 Å². The summed E-state index contributed by atoms with van der Waals surface area (Å²) in [7, 11) is 1.19. The molecule has 1 rings (SSSR count). The Labute approximate surface area is 93.8 Å². The third kappa shape index (κ3) is 3.34. The minimum absolute atomic E-state index is 0. The molecule has 0 radical (unpaired) electrons. The molecule has 0 spiro atoms. The zero-order chi connectivity index (χ0) is 10.6. The van der Waals surface area contributed by atoms with Crippen LogP contribution in [-0.4, -0.2) is 24.9 Å². The second kappa shape index (κ2) is 6.16. The first kappa shape index (κ1) is 13.6. The molecular formula is C10H12ClNO3.